The summed E-state index contributed by atoms with van der Waals surface area (Å²) >= 11 is 0. The second-order valence-corrected chi connectivity index (χ2v) is 3.13. The number of hydrogen-bond acceptors (Lipinski definition) is 3. The summed E-state index contributed by atoms with van der Waals surface area (Å²) in [5.41, 5.74) is -1.46. The summed E-state index contributed by atoms with van der Waals surface area (Å²) in [6, 6.07) is 0. The summed E-state index contributed by atoms with van der Waals surface area (Å²) in [5.74, 6) is 0. The molecule has 1 heterocycles. The van der Waals surface area contributed by atoms with Crippen LogP contribution in [0.2, 0.25) is 0 Å². The monoisotopic (exact) mass is 164 g/mol. The molecule has 0 aromatic carbocycles. The first kappa shape index (κ1) is 8.90. The maximum absolute atomic E-state index is 13.1. The molecule has 0 spiro atoms. The molecule has 11 heavy (non-hydrogen) atoms. The van der Waals surface area contributed by atoms with Gasteiger partial charge in [-0.25, -0.2) is 4.39 Å². The van der Waals surface area contributed by atoms with E-state index in [1.807, 2.05) is 0 Å². The van der Waals surface area contributed by atoms with Gasteiger partial charge in [0, 0.05) is 0 Å². The molecule has 0 radical (unpaired) electrons. The van der Waals surface area contributed by atoms with Gasteiger partial charge in [-0.1, -0.05) is 0 Å². The van der Waals surface area contributed by atoms with E-state index in [-0.39, 0.29) is 6.61 Å². The van der Waals surface area contributed by atoms with Gasteiger partial charge in [-0.2, -0.15) is 0 Å². The lowest BCUT2D eigenvalue weighted by molar-refractivity contribution is -0.0394. The molecule has 1 aliphatic rings. The fourth-order valence-corrected chi connectivity index (χ4v) is 1.21. The second-order valence-electron chi connectivity index (χ2n) is 3.13. The summed E-state index contributed by atoms with van der Waals surface area (Å²) in [6.07, 6.45) is -2.93. The number of hydrogen-bond donors (Lipinski definition) is 2. The molecule has 1 saturated heterocycles. The van der Waals surface area contributed by atoms with Crippen molar-refractivity contribution >= 4 is 0 Å². The number of aliphatic hydroxyl groups is 2. The molecule has 1 unspecified atom stereocenters. The van der Waals surface area contributed by atoms with Gasteiger partial charge in [0.25, 0.3) is 0 Å². The Bertz CT molecular complexity index is 149. The van der Waals surface area contributed by atoms with Crippen LogP contribution in [-0.2, 0) is 4.74 Å². The summed E-state index contributed by atoms with van der Waals surface area (Å²) in [4.78, 5) is 0. The average molecular weight is 164 g/mol. The number of halogens is 1. The van der Waals surface area contributed by atoms with Crippen LogP contribution in [-0.4, -0.2) is 40.8 Å². The van der Waals surface area contributed by atoms with Gasteiger partial charge in [0.15, 0.2) is 6.17 Å². The summed E-state index contributed by atoms with van der Waals surface area (Å²) in [5, 5.41) is 18.0. The van der Waals surface area contributed by atoms with Crippen molar-refractivity contribution in [2.24, 2.45) is 0 Å². The standard InChI is InChI=1S/C7H13FO3/c1-4-7(2,10)6(8)5(3-9)11-4/h4-6,9-10H,3H2,1-2H3/t4-,5+,6-,7?/m0/s1. The van der Waals surface area contributed by atoms with Gasteiger partial charge in [0.1, 0.15) is 11.7 Å². The van der Waals surface area contributed by atoms with Crippen LogP contribution >= 0.6 is 0 Å². The maximum Gasteiger partial charge on any atom is 0.159 e. The molecule has 0 bridgehead atoms. The Labute approximate surface area is 64.8 Å². The smallest absolute Gasteiger partial charge is 0.159 e. The van der Waals surface area contributed by atoms with E-state index >= 15 is 0 Å². The molecule has 1 aliphatic heterocycles. The van der Waals surface area contributed by atoms with E-state index in [1.54, 1.807) is 6.92 Å². The van der Waals surface area contributed by atoms with Crippen molar-refractivity contribution < 1.29 is 19.3 Å². The van der Waals surface area contributed by atoms with Gasteiger partial charge < -0.3 is 14.9 Å². The quantitative estimate of drug-likeness (QED) is 0.567. The highest BCUT2D eigenvalue weighted by Crippen LogP contribution is 2.32. The molecule has 2 N–H and O–H groups in total. The summed E-state index contributed by atoms with van der Waals surface area (Å²) < 4.78 is 18.0. The van der Waals surface area contributed by atoms with Crippen molar-refractivity contribution in [3.8, 4) is 0 Å². The van der Waals surface area contributed by atoms with Crippen molar-refractivity contribution in [1.29, 1.82) is 0 Å². The summed E-state index contributed by atoms with van der Waals surface area (Å²) in [6.45, 7) is 2.57. The second kappa shape index (κ2) is 2.69. The Morgan fingerprint density at radius 2 is 2.18 bits per heavy atom. The predicted molar refractivity (Wildman–Crippen MR) is 36.9 cm³/mol. The Kier molecular flexibility index (Phi) is 2.18. The Balaban J connectivity index is 2.71. The Morgan fingerprint density at radius 3 is 2.36 bits per heavy atom. The van der Waals surface area contributed by atoms with Crippen LogP contribution in [0.3, 0.4) is 0 Å². The van der Waals surface area contributed by atoms with Crippen molar-refractivity contribution in [1.82, 2.24) is 0 Å². The van der Waals surface area contributed by atoms with E-state index < -0.39 is 24.0 Å². The lowest BCUT2D eigenvalue weighted by Gasteiger charge is -2.21. The highest BCUT2D eigenvalue weighted by Gasteiger charge is 2.50. The average Bonchev–Trinajstić information content (AvgIpc) is 2.14. The fourth-order valence-electron chi connectivity index (χ4n) is 1.21. The van der Waals surface area contributed by atoms with E-state index in [9.17, 15) is 9.50 Å². The molecule has 4 atom stereocenters. The Morgan fingerprint density at radius 1 is 1.64 bits per heavy atom. The minimum absolute atomic E-state index is 0.387. The van der Waals surface area contributed by atoms with E-state index in [0.717, 1.165) is 0 Å². The molecule has 0 aliphatic carbocycles. The van der Waals surface area contributed by atoms with Crippen LogP contribution in [0.25, 0.3) is 0 Å². The number of ether oxygens (including phenoxy) is 1. The van der Waals surface area contributed by atoms with Gasteiger partial charge >= 0.3 is 0 Å². The molecule has 3 nitrogen and oxygen atoms in total. The molecule has 0 aromatic rings. The zero-order valence-electron chi connectivity index (χ0n) is 6.62. The topological polar surface area (TPSA) is 49.7 Å². The molecule has 1 rings (SSSR count). The third-order valence-corrected chi connectivity index (χ3v) is 2.27. The van der Waals surface area contributed by atoms with Crippen molar-refractivity contribution in [2.45, 2.75) is 37.8 Å². The van der Waals surface area contributed by atoms with Crippen molar-refractivity contribution in [3.63, 3.8) is 0 Å². The van der Waals surface area contributed by atoms with Crippen LogP contribution in [0.15, 0.2) is 0 Å². The molecule has 1 fully saturated rings. The van der Waals surface area contributed by atoms with E-state index in [1.165, 1.54) is 6.92 Å². The van der Waals surface area contributed by atoms with Gasteiger partial charge in [-0.3, -0.25) is 0 Å². The molecular formula is C7H13FO3. The number of alkyl halides is 1. The van der Waals surface area contributed by atoms with Crippen molar-refractivity contribution in [3.05, 3.63) is 0 Å². The van der Waals surface area contributed by atoms with Gasteiger partial charge in [0.2, 0.25) is 0 Å². The van der Waals surface area contributed by atoms with Crippen LogP contribution in [0.5, 0.6) is 0 Å². The van der Waals surface area contributed by atoms with Crippen LogP contribution in [0.1, 0.15) is 13.8 Å². The third kappa shape index (κ3) is 1.26. The zero-order valence-corrected chi connectivity index (χ0v) is 6.62. The highest BCUT2D eigenvalue weighted by molar-refractivity contribution is 4.98. The van der Waals surface area contributed by atoms with Crippen LogP contribution < -0.4 is 0 Å². The van der Waals surface area contributed by atoms with Crippen LogP contribution in [0.4, 0.5) is 4.39 Å². The molecule has 0 aromatic heterocycles. The normalized spacial score (nSPS) is 51.5. The first-order chi connectivity index (χ1) is 5.00. The minimum atomic E-state index is -1.50. The lowest BCUT2D eigenvalue weighted by atomic mass is 9.95. The first-order valence-corrected chi connectivity index (χ1v) is 3.63. The molecule has 0 saturated carbocycles. The molecule has 0 amide bonds. The van der Waals surface area contributed by atoms with E-state index in [2.05, 4.69) is 0 Å². The molecule has 4 heteroatoms. The molecular weight excluding hydrogens is 151 g/mol. The predicted octanol–water partition coefficient (Wildman–Crippen LogP) is -0.145. The maximum atomic E-state index is 13.1. The lowest BCUT2D eigenvalue weighted by Crippen LogP contribution is -2.42. The zero-order chi connectivity index (χ0) is 8.65. The SMILES string of the molecule is C[C@@H]1O[C@H](CO)[C@H](F)C1(C)O. The third-order valence-electron chi connectivity index (χ3n) is 2.27. The van der Waals surface area contributed by atoms with Gasteiger partial charge in [0.05, 0.1) is 12.7 Å². The minimum Gasteiger partial charge on any atom is -0.394 e. The molecule has 66 valence electrons. The van der Waals surface area contributed by atoms with Crippen LogP contribution in [0, 0.1) is 0 Å². The highest BCUT2D eigenvalue weighted by atomic mass is 19.1. The fraction of sp³-hybridized carbons (Fsp3) is 1.00. The number of aliphatic hydroxyl groups excluding tert-OH is 1. The van der Waals surface area contributed by atoms with Gasteiger partial charge in [-0.05, 0) is 13.8 Å². The van der Waals surface area contributed by atoms with Crippen molar-refractivity contribution in [2.75, 3.05) is 6.61 Å². The van der Waals surface area contributed by atoms with Gasteiger partial charge in [-0.15, -0.1) is 0 Å². The summed E-state index contributed by atoms with van der Waals surface area (Å²) in [7, 11) is 0. The first-order valence-electron chi connectivity index (χ1n) is 3.63. The number of rotatable bonds is 1. The largest absolute Gasteiger partial charge is 0.394 e. The van der Waals surface area contributed by atoms with E-state index in [0.29, 0.717) is 0 Å². The Hall–Kier alpha value is -0.190. The van der Waals surface area contributed by atoms with E-state index in [4.69, 9.17) is 9.84 Å².